The first-order valence-electron chi connectivity index (χ1n) is 6.58. The lowest BCUT2D eigenvalue weighted by molar-refractivity contribution is 0.137. The van der Waals surface area contributed by atoms with E-state index in [4.69, 9.17) is 0 Å². The molecule has 0 spiro atoms. The van der Waals surface area contributed by atoms with Crippen molar-refractivity contribution in [1.29, 1.82) is 5.26 Å². The van der Waals surface area contributed by atoms with E-state index in [0.29, 0.717) is 0 Å². The molecule has 2 nitrogen and oxygen atoms in total. The van der Waals surface area contributed by atoms with Crippen molar-refractivity contribution in [1.82, 2.24) is 4.90 Å². The van der Waals surface area contributed by atoms with Crippen molar-refractivity contribution in [2.45, 2.75) is 31.2 Å². The van der Waals surface area contributed by atoms with Crippen LogP contribution in [0.4, 0.5) is 0 Å². The third-order valence-electron chi connectivity index (χ3n) is 4.28. The number of hydrogen-bond donors (Lipinski definition) is 0. The van der Waals surface area contributed by atoms with E-state index >= 15 is 0 Å². The summed E-state index contributed by atoms with van der Waals surface area (Å²) in [6.07, 6.45) is 4.94. The first-order valence-corrected chi connectivity index (χ1v) is 6.58. The van der Waals surface area contributed by atoms with Crippen molar-refractivity contribution in [3.63, 3.8) is 0 Å². The molecule has 1 aliphatic heterocycles. The molecule has 1 aliphatic carbocycles. The molecule has 0 radical (unpaired) electrons. The second kappa shape index (κ2) is 4.16. The Morgan fingerprint density at radius 1 is 1.12 bits per heavy atom. The maximum absolute atomic E-state index is 9.26. The molecule has 0 aromatic heterocycles. The predicted molar refractivity (Wildman–Crippen MR) is 67.3 cm³/mol. The van der Waals surface area contributed by atoms with Crippen molar-refractivity contribution >= 4 is 0 Å². The number of nitriles is 1. The summed E-state index contributed by atoms with van der Waals surface area (Å²) >= 11 is 0. The summed E-state index contributed by atoms with van der Waals surface area (Å²) < 4.78 is 0. The van der Waals surface area contributed by atoms with E-state index in [1.54, 1.807) is 0 Å². The van der Waals surface area contributed by atoms with Crippen molar-refractivity contribution in [2.75, 3.05) is 13.1 Å². The fourth-order valence-corrected chi connectivity index (χ4v) is 3.28. The van der Waals surface area contributed by atoms with E-state index < -0.39 is 0 Å². The van der Waals surface area contributed by atoms with Gasteiger partial charge in [-0.05, 0) is 37.9 Å². The Morgan fingerprint density at radius 2 is 1.82 bits per heavy atom. The molecule has 1 aromatic carbocycles. The highest BCUT2D eigenvalue weighted by molar-refractivity contribution is 5.36. The summed E-state index contributed by atoms with van der Waals surface area (Å²) in [5.41, 5.74) is 1.39. The highest BCUT2D eigenvalue weighted by Crippen LogP contribution is 2.56. The molecular weight excluding hydrogens is 208 g/mol. The lowest BCUT2D eigenvalue weighted by Crippen LogP contribution is -2.40. The van der Waals surface area contributed by atoms with Gasteiger partial charge in [-0.15, -0.1) is 0 Å². The fourth-order valence-electron chi connectivity index (χ4n) is 3.28. The maximum Gasteiger partial charge on any atom is 0.0711 e. The van der Waals surface area contributed by atoms with Gasteiger partial charge >= 0.3 is 0 Å². The minimum atomic E-state index is 0.0520. The molecule has 88 valence electrons. The van der Waals surface area contributed by atoms with E-state index in [0.717, 1.165) is 19.5 Å². The van der Waals surface area contributed by atoms with Crippen LogP contribution in [0.15, 0.2) is 30.3 Å². The van der Waals surface area contributed by atoms with Crippen LogP contribution in [-0.4, -0.2) is 18.0 Å². The Labute approximate surface area is 103 Å². The molecule has 2 heteroatoms. The molecule has 17 heavy (non-hydrogen) atoms. The van der Waals surface area contributed by atoms with Crippen molar-refractivity contribution in [2.24, 2.45) is 5.92 Å². The third kappa shape index (κ3) is 1.66. The number of benzene rings is 1. The molecule has 2 atom stereocenters. The summed E-state index contributed by atoms with van der Waals surface area (Å²) in [6.45, 7) is 2.32. The molecule has 2 aliphatic rings. The van der Waals surface area contributed by atoms with Gasteiger partial charge in [-0.1, -0.05) is 36.8 Å². The van der Waals surface area contributed by atoms with Gasteiger partial charge in [0.25, 0.3) is 0 Å². The number of nitrogens with zero attached hydrogens (tertiary/aromatic N) is 2. The topological polar surface area (TPSA) is 27.0 Å². The number of hydrogen-bond acceptors (Lipinski definition) is 2. The van der Waals surface area contributed by atoms with E-state index in [2.05, 4.69) is 41.3 Å². The Hall–Kier alpha value is -1.33. The average molecular weight is 226 g/mol. The van der Waals surface area contributed by atoms with Crippen LogP contribution in [0, 0.1) is 17.2 Å². The average Bonchev–Trinajstić information content (AvgIpc) is 3.17. The van der Waals surface area contributed by atoms with Gasteiger partial charge in [-0.2, -0.15) is 5.26 Å². The third-order valence-corrected chi connectivity index (χ3v) is 4.28. The number of rotatable bonds is 2. The zero-order chi connectivity index (χ0) is 11.7. The molecule has 1 heterocycles. The molecule has 2 fully saturated rings. The van der Waals surface area contributed by atoms with Crippen LogP contribution in [0.25, 0.3) is 0 Å². The highest BCUT2D eigenvalue weighted by atomic mass is 15.2. The van der Waals surface area contributed by atoms with Gasteiger partial charge in [0.2, 0.25) is 0 Å². The predicted octanol–water partition coefficient (Wildman–Crippen LogP) is 2.91. The van der Waals surface area contributed by atoms with Crippen LogP contribution in [0.2, 0.25) is 0 Å². The molecule has 1 saturated carbocycles. The zero-order valence-electron chi connectivity index (χ0n) is 10.1. The Kier molecular flexibility index (Phi) is 2.64. The van der Waals surface area contributed by atoms with Gasteiger partial charge in [0.1, 0.15) is 0 Å². The SMILES string of the molecule is N#C[C@@H]1C[C@]1(c1ccccc1)N1CCCCC1. The van der Waals surface area contributed by atoms with Crippen LogP contribution in [0.3, 0.4) is 0 Å². The fraction of sp³-hybridized carbons (Fsp3) is 0.533. The molecule has 3 rings (SSSR count). The highest BCUT2D eigenvalue weighted by Gasteiger charge is 2.59. The van der Waals surface area contributed by atoms with Crippen molar-refractivity contribution in [3.8, 4) is 6.07 Å². The van der Waals surface area contributed by atoms with Crippen LogP contribution in [0.5, 0.6) is 0 Å². The van der Waals surface area contributed by atoms with Gasteiger partial charge in [-0.3, -0.25) is 4.90 Å². The van der Waals surface area contributed by atoms with Gasteiger partial charge < -0.3 is 0 Å². The van der Waals surface area contributed by atoms with E-state index in [1.807, 2.05) is 0 Å². The van der Waals surface area contributed by atoms with Gasteiger partial charge in [-0.25, -0.2) is 0 Å². The summed E-state index contributed by atoms with van der Waals surface area (Å²) in [5.74, 6) is 0.197. The van der Waals surface area contributed by atoms with Crippen molar-refractivity contribution in [3.05, 3.63) is 35.9 Å². The lowest BCUT2D eigenvalue weighted by atomic mass is 9.97. The molecule has 0 bridgehead atoms. The number of likely N-dealkylation sites (tertiary alicyclic amines) is 1. The first-order chi connectivity index (χ1) is 8.38. The van der Waals surface area contributed by atoms with Crippen LogP contribution in [0.1, 0.15) is 31.2 Å². The second-order valence-corrected chi connectivity index (χ2v) is 5.22. The monoisotopic (exact) mass is 226 g/mol. The van der Waals surface area contributed by atoms with E-state index in [9.17, 15) is 5.26 Å². The van der Waals surface area contributed by atoms with Gasteiger partial charge in [0.05, 0.1) is 17.5 Å². The molecule has 0 amide bonds. The maximum atomic E-state index is 9.26. The van der Waals surface area contributed by atoms with E-state index in [-0.39, 0.29) is 11.5 Å². The van der Waals surface area contributed by atoms with Crippen molar-refractivity contribution < 1.29 is 0 Å². The van der Waals surface area contributed by atoms with Crippen LogP contribution in [-0.2, 0) is 5.54 Å². The number of piperidine rings is 1. The van der Waals surface area contributed by atoms with Gasteiger partial charge in [0.15, 0.2) is 0 Å². The van der Waals surface area contributed by atoms with Gasteiger partial charge in [0, 0.05) is 0 Å². The normalized spacial score (nSPS) is 33.0. The van der Waals surface area contributed by atoms with Crippen LogP contribution < -0.4 is 0 Å². The zero-order valence-corrected chi connectivity index (χ0v) is 10.1. The second-order valence-electron chi connectivity index (χ2n) is 5.22. The molecule has 1 saturated heterocycles. The molecule has 1 aromatic rings. The summed E-state index contributed by atoms with van der Waals surface area (Å²) in [5, 5.41) is 9.26. The lowest BCUT2D eigenvalue weighted by Gasteiger charge is -2.35. The minimum Gasteiger partial charge on any atom is -0.292 e. The molecule has 0 unspecified atom stereocenters. The minimum absolute atomic E-state index is 0.0520. The quantitative estimate of drug-likeness (QED) is 0.775. The first kappa shape index (κ1) is 10.8. The summed E-state index contributed by atoms with van der Waals surface area (Å²) in [4.78, 5) is 2.56. The molecular formula is C15H18N2. The van der Waals surface area contributed by atoms with Crippen LogP contribution >= 0.6 is 0 Å². The Balaban J connectivity index is 1.92. The Morgan fingerprint density at radius 3 is 2.41 bits per heavy atom. The largest absolute Gasteiger partial charge is 0.292 e. The van der Waals surface area contributed by atoms with E-state index in [1.165, 1.54) is 24.8 Å². The molecule has 0 N–H and O–H groups in total. The Bertz CT molecular complexity index is 428. The summed E-state index contributed by atoms with van der Waals surface area (Å²) in [6, 6.07) is 13.1. The summed E-state index contributed by atoms with van der Waals surface area (Å²) in [7, 11) is 0. The smallest absolute Gasteiger partial charge is 0.0711 e. The standard InChI is InChI=1S/C15H18N2/c16-12-14-11-15(14,13-7-3-1-4-8-13)17-9-5-2-6-10-17/h1,3-4,7-8,14H,2,5-6,9-11H2/t14-,15+/m0/s1.